The maximum absolute atomic E-state index is 13.1. The summed E-state index contributed by atoms with van der Waals surface area (Å²) in [5, 5.41) is 22.0. The van der Waals surface area contributed by atoms with Crippen molar-refractivity contribution in [3.8, 4) is 54.9 Å². The van der Waals surface area contributed by atoms with Gasteiger partial charge in [-0.2, -0.15) is 0 Å². The van der Waals surface area contributed by atoms with E-state index in [0.717, 1.165) is 52.7 Å². The fraction of sp³-hybridized carbons (Fsp3) is 0. The third-order valence-electron chi connectivity index (χ3n) is 7.40. The first-order chi connectivity index (χ1) is 22.4. The van der Waals surface area contributed by atoms with Crippen molar-refractivity contribution in [2.45, 2.75) is 0 Å². The molecule has 6 aromatic carbocycles. The normalized spacial score (nSPS) is 10.8. The molecule has 2 heterocycles. The van der Waals surface area contributed by atoms with E-state index in [9.17, 15) is 19.0 Å². The summed E-state index contributed by atoms with van der Waals surface area (Å²) in [5.74, 6) is -0.150. The number of para-hydroxylation sites is 2. The number of hydrogen-bond acceptors (Lipinski definition) is 6. The summed E-state index contributed by atoms with van der Waals surface area (Å²) in [5.41, 5.74) is 6.83. The Morgan fingerprint density at radius 2 is 0.809 bits per heavy atom. The van der Waals surface area contributed by atoms with Gasteiger partial charge in [-0.1, -0.05) is 60.7 Å². The van der Waals surface area contributed by atoms with Crippen molar-refractivity contribution in [1.29, 1.82) is 0 Å². The molecule has 0 unspecified atom stereocenters. The van der Waals surface area contributed by atoms with Gasteiger partial charge in [-0.15, -0.1) is 22.7 Å². The van der Waals surface area contributed by atoms with Gasteiger partial charge in [0.1, 0.15) is 33.1 Å². The van der Waals surface area contributed by atoms with Crippen LogP contribution in [0.4, 0.5) is 8.78 Å². The Morgan fingerprint density at radius 3 is 1.19 bits per heavy atom. The first kappa shape index (κ1) is 32.1. The number of halogens is 2. The number of aromatic nitrogens is 2. The number of rotatable bonds is 4. The van der Waals surface area contributed by atoms with Crippen molar-refractivity contribution in [2.75, 3.05) is 0 Å². The van der Waals surface area contributed by atoms with Gasteiger partial charge >= 0.3 is 0 Å². The summed E-state index contributed by atoms with van der Waals surface area (Å²) in [4.78, 5) is 9.18. The Bertz CT molecular complexity index is 2090. The minimum absolute atomic E-state index is 0. The predicted octanol–water partition coefficient (Wildman–Crippen LogP) is 10.9. The molecule has 0 bridgehead atoms. The molecule has 2 aromatic heterocycles. The first-order valence-corrected chi connectivity index (χ1v) is 15.9. The molecule has 0 saturated heterocycles. The fourth-order valence-corrected chi connectivity index (χ4v) is 7.01. The van der Waals surface area contributed by atoms with Gasteiger partial charge in [0.15, 0.2) is 0 Å². The molecular weight excluding hydrogens is 684 g/mol. The second-order valence-electron chi connectivity index (χ2n) is 10.5. The molecule has 0 atom stereocenters. The first-order valence-electron chi connectivity index (χ1n) is 14.3. The van der Waals surface area contributed by atoms with Gasteiger partial charge in [0.2, 0.25) is 0 Å². The van der Waals surface area contributed by atoms with Gasteiger partial charge < -0.3 is 10.2 Å². The Labute approximate surface area is 290 Å². The van der Waals surface area contributed by atoms with Crippen LogP contribution >= 0.6 is 22.7 Å². The smallest absolute Gasteiger partial charge is 0.128 e. The third kappa shape index (κ3) is 6.98. The molecule has 0 aliphatic carbocycles. The molecule has 0 radical (unpaired) electrons. The van der Waals surface area contributed by atoms with E-state index in [1.165, 1.54) is 46.9 Å². The van der Waals surface area contributed by atoms with E-state index >= 15 is 0 Å². The quantitative estimate of drug-likeness (QED) is 0.179. The topological polar surface area (TPSA) is 66.2 Å². The molecule has 0 aliphatic heterocycles. The molecule has 8 rings (SSSR count). The van der Waals surface area contributed by atoms with E-state index < -0.39 is 0 Å². The summed E-state index contributed by atoms with van der Waals surface area (Å²) >= 11 is 3.08. The number of thiazole rings is 2. The van der Waals surface area contributed by atoms with Crippen LogP contribution in [0.3, 0.4) is 0 Å². The van der Waals surface area contributed by atoms with Crippen molar-refractivity contribution in [3.05, 3.63) is 145 Å². The van der Waals surface area contributed by atoms with Crippen LogP contribution in [0.25, 0.3) is 63.8 Å². The van der Waals surface area contributed by atoms with Crippen molar-refractivity contribution < 1.29 is 38.5 Å². The summed E-state index contributed by atoms with van der Waals surface area (Å²) in [7, 11) is 0. The summed E-state index contributed by atoms with van der Waals surface area (Å²) in [6.45, 7) is 0. The number of phenols is 2. The van der Waals surface area contributed by atoms with Crippen LogP contribution in [0.5, 0.6) is 11.5 Å². The molecule has 0 fully saturated rings. The predicted molar refractivity (Wildman–Crippen MR) is 184 cm³/mol. The summed E-state index contributed by atoms with van der Waals surface area (Å²) in [6, 6.07) is 39.1. The molecule has 8 aromatic rings. The van der Waals surface area contributed by atoms with Crippen molar-refractivity contribution in [3.63, 3.8) is 0 Å². The van der Waals surface area contributed by atoms with Crippen molar-refractivity contribution >= 4 is 43.1 Å². The average molecular weight is 708 g/mol. The zero-order valence-electron chi connectivity index (χ0n) is 24.8. The molecule has 2 N–H and O–H groups in total. The second-order valence-corrected chi connectivity index (χ2v) is 12.5. The number of aromatic hydroxyl groups is 2. The summed E-state index contributed by atoms with van der Waals surface area (Å²) < 4.78 is 28.3. The Morgan fingerprint density at radius 1 is 0.447 bits per heavy atom. The fourth-order valence-electron chi connectivity index (χ4n) is 5.03. The molecular formula is C38H24F2N2O2S2Zn. The van der Waals surface area contributed by atoms with Crippen molar-refractivity contribution in [2.24, 2.45) is 0 Å². The minimum atomic E-state index is -0.265. The van der Waals surface area contributed by atoms with Crippen LogP contribution in [-0.4, -0.2) is 20.2 Å². The number of phenolic OH excluding ortho intramolecular Hbond substituents is 2. The van der Waals surface area contributed by atoms with E-state index in [1.54, 1.807) is 36.4 Å². The molecule has 0 spiro atoms. The monoisotopic (exact) mass is 706 g/mol. The summed E-state index contributed by atoms with van der Waals surface area (Å²) in [6.07, 6.45) is 0. The van der Waals surface area contributed by atoms with E-state index in [2.05, 4.69) is 9.97 Å². The van der Waals surface area contributed by atoms with E-state index in [1.807, 2.05) is 72.8 Å². The molecule has 0 amide bonds. The Kier molecular flexibility index (Phi) is 9.50. The standard InChI is InChI=1S/2C19H12FNOS.Zn/c2*20-14-8-5-12(6-9-14)13-7-10-17(22)15(11-13)19-21-16-3-1-2-4-18(16)23-19;/h2*1-11,22H;. The molecule has 9 heteroatoms. The maximum Gasteiger partial charge on any atom is 0.128 e. The van der Waals surface area contributed by atoms with E-state index in [-0.39, 0.29) is 42.6 Å². The molecule has 47 heavy (non-hydrogen) atoms. The zero-order valence-corrected chi connectivity index (χ0v) is 29.4. The zero-order chi connectivity index (χ0) is 31.6. The number of nitrogens with zero attached hydrogens (tertiary/aromatic N) is 2. The Hall–Kier alpha value is -4.82. The minimum Gasteiger partial charge on any atom is -0.507 e. The van der Waals surface area contributed by atoms with Crippen molar-refractivity contribution in [1.82, 2.24) is 9.97 Å². The van der Waals surface area contributed by atoms with Gasteiger partial charge in [0.05, 0.1) is 31.6 Å². The molecule has 0 aliphatic rings. The van der Waals surface area contributed by atoms with Gasteiger partial charge in [0, 0.05) is 19.5 Å². The SMILES string of the molecule is Oc1ccc(-c2ccc(F)cc2)cc1-c1nc2ccccc2s1.Oc1ccc(-c2ccc(F)cc2)cc1-c1nc2ccccc2s1.[Zn]. The van der Waals surface area contributed by atoms with Crippen LogP contribution in [0.2, 0.25) is 0 Å². The average Bonchev–Trinajstić information content (AvgIpc) is 3.71. The number of fused-ring (bicyclic) bond motifs is 2. The van der Waals surface area contributed by atoms with E-state index in [0.29, 0.717) is 11.1 Å². The third-order valence-corrected chi connectivity index (χ3v) is 9.54. The maximum atomic E-state index is 13.1. The number of hydrogen-bond donors (Lipinski definition) is 2. The molecule has 0 saturated carbocycles. The Balaban J connectivity index is 0.000000161. The molecule has 226 valence electrons. The van der Waals surface area contributed by atoms with Crippen LogP contribution in [-0.2, 0) is 19.5 Å². The largest absolute Gasteiger partial charge is 0.507 e. The van der Waals surface area contributed by atoms with Gasteiger partial charge in [-0.25, -0.2) is 18.7 Å². The van der Waals surface area contributed by atoms with Crippen LogP contribution in [0.15, 0.2) is 133 Å². The van der Waals surface area contributed by atoms with E-state index in [4.69, 9.17) is 0 Å². The molecule has 4 nitrogen and oxygen atoms in total. The van der Waals surface area contributed by atoms with Crippen LogP contribution < -0.4 is 0 Å². The van der Waals surface area contributed by atoms with Crippen LogP contribution in [0.1, 0.15) is 0 Å². The van der Waals surface area contributed by atoms with Gasteiger partial charge in [-0.05, 0) is 95.1 Å². The van der Waals surface area contributed by atoms with Gasteiger partial charge in [0.25, 0.3) is 0 Å². The number of benzene rings is 6. The second kappa shape index (κ2) is 13.9. The van der Waals surface area contributed by atoms with Crippen LogP contribution in [0, 0.1) is 11.6 Å². The van der Waals surface area contributed by atoms with Gasteiger partial charge in [-0.3, -0.25) is 0 Å².